The van der Waals surface area contributed by atoms with E-state index < -0.39 is 39.2 Å². The van der Waals surface area contributed by atoms with Gasteiger partial charge in [0.1, 0.15) is 11.8 Å². The van der Waals surface area contributed by atoms with Gasteiger partial charge in [0.05, 0.1) is 10.3 Å². The molecule has 32 heavy (non-hydrogen) atoms. The summed E-state index contributed by atoms with van der Waals surface area (Å²) in [5.41, 5.74) is -4.17. The highest BCUT2D eigenvalue weighted by atomic mass is 32.2. The third-order valence-corrected chi connectivity index (χ3v) is 8.85. The van der Waals surface area contributed by atoms with Crippen LogP contribution in [0.5, 0.6) is 0 Å². The number of nitriles is 1. The van der Waals surface area contributed by atoms with Crippen LogP contribution in [-0.4, -0.2) is 40.0 Å². The Morgan fingerprint density at radius 3 is 2.00 bits per heavy atom. The molecule has 2 atom stereocenters. The molecule has 2 nitrogen and oxygen atoms in total. The highest BCUT2D eigenvalue weighted by molar-refractivity contribution is 8.10. The first-order chi connectivity index (χ1) is 14.8. The Hall–Kier alpha value is -2.60. The van der Waals surface area contributed by atoms with E-state index in [9.17, 15) is 14.0 Å². The van der Waals surface area contributed by atoms with Crippen LogP contribution in [0.3, 0.4) is 0 Å². The minimum atomic E-state index is -5.60. The minimum Gasteiger partial charge on any atom is -0.355 e. The number of alkyl halides is 6. The molecular formula is C23H16F6N2S. The molecule has 9 heteroatoms. The lowest BCUT2D eigenvalue weighted by Gasteiger charge is -2.51. The van der Waals surface area contributed by atoms with Crippen LogP contribution in [0.15, 0.2) is 70.5 Å². The largest absolute Gasteiger partial charge is 0.380 e. The number of benzene rings is 1. The minimum absolute atomic E-state index is 0.0556. The Balaban J connectivity index is 1.92. The Kier molecular flexibility index (Phi) is 3.88. The summed E-state index contributed by atoms with van der Waals surface area (Å²) < 4.78 is 88.1. The number of hydrogen-bond acceptors (Lipinski definition) is 3. The molecule has 0 saturated heterocycles. The standard InChI is InChI=1S/C23H16F6N2S/c1-19-14(9-13(11-30)31(19)3)17-18(22(26,27)23(28,29)21(17,24)25)15-10-16(32-20(15,19)2)12-7-5-4-6-8-12/h4-10H,1-3H3. The summed E-state index contributed by atoms with van der Waals surface area (Å²) in [7, 11) is 1.49. The van der Waals surface area contributed by atoms with Crippen LogP contribution in [0.1, 0.15) is 19.4 Å². The molecule has 4 aliphatic rings. The predicted molar refractivity (Wildman–Crippen MR) is 109 cm³/mol. The summed E-state index contributed by atoms with van der Waals surface area (Å²) in [4.78, 5) is 1.93. The first-order valence-electron chi connectivity index (χ1n) is 9.73. The van der Waals surface area contributed by atoms with E-state index in [0.29, 0.717) is 10.5 Å². The maximum atomic E-state index is 15.1. The van der Waals surface area contributed by atoms with E-state index in [1.54, 1.807) is 37.3 Å². The molecule has 1 saturated carbocycles. The highest BCUT2D eigenvalue weighted by Gasteiger charge is 2.84. The molecule has 2 heterocycles. The van der Waals surface area contributed by atoms with Crippen molar-refractivity contribution in [2.45, 2.75) is 41.9 Å². The Morgan fingerprint density at radius 1 is 0.875 bits per heavy atom. The maximum Gasteiger partial charge on any atom is 0.380 e. The van der Waals surface area contributed by atoms with E-state index in [1.165, 1.54) is 24.9 Å². The Labute approximate surface area is 184 Å². The van der Waals surface area contributed by atoms with Crippen LogP contribution in [0.2, 0.25) is 0 Å². The number of hydrogen-bond donors (Lipinski definition) is 0. The smallest absolute Gasteiger partial charge is 0.355 e. The van der Waals surface area contributed by atoms with Gasteiger partial charge in [0, 0.05) is 23.1 Å². The summed E-state index contributed by atoms with van der Waals surface area (Å²) in [5.74, 6) is -15.8. The maximum absolute atomic E-state index is 15.1. The van der Waals surface area contributed by atoms with Gasteiger partial charge >= 0.3 is 17.8 Å². The number of halogens is 6. The van der Waals surface area contributed by atoms with Crippen molar-refractivity contribution >= 4 is 16.7 Å². The Bertz CT molecular complexity index is 1240. The summed E-state index contributed by atoms with van der Waals surface area (Å²) in [6.07, 6.45) is 2.37. The van der Waals surface area contributed by atoms with Crippen molar-refractivity contribution in [2.24, 2.45) is 0 Å². The molecule has 2 aliphatic carbocycles. The van der Waals surface area contributed by atoms with Crippen molar-refractivity contribution in [3.63, 3.8) is 0 Å². The van der Waals surface area contributed by atoms with Gasteiger partial charge < -0.3 is 4.90 Å². The van der Waals surface area contributed by atoms with Gasteiger partial charge in [0.2, 0.25) is 0 Å². The fourth-order valence-corrected chi connectivity index (χ4v) is 6.81. The summed E-state index contributed by atoms with van der Waals surface area (Å²) in [5, 5.41) is 9.53. The molecule has 0 aromatic heterocycles. The van der Waals surface area contributed by atoms with Gasteiger partial charge in [-0.25, -0.2) is 0 Å². The molecule has 2 unspecified atom stereocenters. The molecule has 0 N–H and O–H groups in total. The monoisotopic (exact) mass is 466 g/mol. The zero-order chi connectivity index (χ0) is 23.5. The lowest BCUT2D eigenvalue weighted by Crippen LogP contribution is -2.58. The van der Waals surface area contributed by atoms with Crippen molar-refractivity contribution < 1.29 is 26.3 Å². The molecule has 0 spiro atoms. The van der Waals surface area contributed by atoms with E-state index in [4.69, 9.17) is 0 Å². The van der Waals surface area contributed by atoms with Crippen molar-refractivity contribution in [1.29, 1.82) is 5.26 Å². The average Bonchev–Trinajstić information content (AvgIpc) is 3.26. The van der Waals surface area contributed by atoms with Gasteiger partial charge in [-0.3, -0.25) is 0 Å². The first kappa shape index (κ1) is 21.3. The van der Waals surface area contributed by atoms with Crippen molar-refractivity contribution in [1.82, 2.24) is 4.90 Å². The Morgan fingerprint density at radius 2 is 1.44 bits per heavy atom. The lowest BCUT2D eigenvalue weighted by atomic mass is 9.67. The summed E-state index contributed by atoms with van der Waals surface area (Å²) in [6, 6.07) is 10.6. The van der Waals surface area contributed by atoms with Crippen LogP contribution in [0.4, 0.5) is 26.3 Å². The second-order valence-electron chi connectivity index (χ2n) is 8.58. The fraction of sp³-hybridized carbons (Fsp3) is 0.348. The third-order valence-electron chi connectivity index (χ3n) is 7.25. The van der Waals surface area contributed by atoms with Gasteiger partial charge in [-0.2, -0.15) is 31.6 Å². The zero-order valence-corrected chi connectivity index (χ0v) is 17.9. The molecule has 1 fully saturated rings. The van der Waals surface area contributed by atoms with Gasteiger partial charge in [-0.15, -0.1) is 11.8 Å². The molecule has 166 valence electrons. The normalized spacial score (nSPS) is 33.4. The van der Waals surface area contributed by atoms with Gasteiger partial charge in [-0.05, 0) is 42.7 Å². The van der Waals surface area contributed by atoms with Gasteiger partial charge in [0.25, 0.3) is 0 Å². The molecule has 0 amide bonds. The van der Waals surface area contributed by atoms with Crippen LogP contribution < -0.4 is 0 Å². The quantitative estimate of drug-likeness (QED) is 0.463. The second-order valence-corrected chi connectivity index (χ2v) is 10.0. The van der Waals surface area contributed by atoms with E-state index in [1.807, 2.05) is 6.07 Å². The number of fused-ring (bicyclic) bond motifs is 4. The van der Waals surface area contributed by atoms with Crippen LogP contribution in [0, 0.1) is 11.3 Å². The molecule has 0 bridgehead atoms. The lowest BCUT2D eigenvalue weighted by molar-refractivity contribution is -0.258. The fourth-order valence-electron chi connectivity index (χ4n) is 5.22. The number of allylic oxidation sites excluding steroid dienone is 4. The second kappa shape index (κ2) is 5.84. The van der Waals surface area contributed by atoms with Crippen LogP contribution >= 0.6 is 11.8 Å². The number of nitrogens with zero attached hydrogens (tertiary/aromatic N) is 2. The van der Waals surface area contributed by atoms with Crippen LogP contribution in [0.25, 0.3) is 4.91 Å². The van der Waals surface area contributed by atoms with Gasteiger partial charge in [0.15, 0.2) is 0 Å². The SMILES string of the molecule is CN1C(C#N)=CC2=C3C(=C4C=C(c5ccccc5)SC4(C)C21C)C(F)(F)C(F)(F)C3(F)F. The number of likely N-dealkylation sites (N-methyl/N-ethyl adjacent to an activating group) is 1. The summed E-state index contributed by atoms with van der Waals surface area (Å²) in [6.45, 7) is 3.12. The number of thioether (sulfide) groups is 1. The molecular weight excluding hydrogens is 450 g/mol. The molecule has 0 radical (unpaired) electrons. The van der Waals surface area contributed by atoms with Crippen LogP contribution in [-0.2, 0) is 0 Å². The van der Waals surface area contributed by atoms with E-state index in [0.717, 1.165) is 17.8 Å². The molecule has 5 rings (SSSR count). The average molecular weight is 466 g/mol. The van der Waals surface area contributed by atoms with Crippen molar-refractivity contribution in [3.8, 4) is 6.07 Å². The molecule has 2 aliphatic heterocycles. The van der Waals surface area contributed by atoms with Crippen molar-refractivity contribution in [3.05, 3.63) is 76.0 Å². The van der Waals surface area contributed by atoms with E-state index in [-0.39, 0.29) is 16.8 Å². The molecule has 1 aromatic rings. The predicted octanol–water partition coefficient (Wildman–Crippen LogP) is 6.17. The topological polar surface area (TPSA) is 27.0 Å². The van der Waals surface area contributed by atoms with E-state index >= 15 is 17.6 Å². The van der Waals surface area contributed by atoms with Gasteiger partial charge in [-0.1, -0.05) is 30.3 Å². The summed E-state index contributed by atoms with van der Waals surface area (Å²) >= 11 is 1.15. The third kappa shape index (κ3) is 2.01. The highest BCUT2D eigenvalue weighted by Crippen LogP contribution is 2.72. The van der Waals surface area contributed by atoms with E-state index in [2.05, 4.69) is 0 Å². The number of rotatable bonds is 1. The first-order valence-corrected chi connectivity index (χ1v) is 10.5. The molecule has 1 aromatic carbocycles. The van der Waals surface area contributed by atoms with Crippen molar-refractivity contribution in [2.75, 3.05) is 7.05 Å². The zero-order valence-electron chi connectivity index (χ0n) is 17.1.